The summed E-state index contributed by atoms with van der Waals surface area (Å²) in [5.41, 5.74) is 9.46. The van der Waals surface area contributed by atoms with Crippen LogP contribution < -0.4 is 5.73 Å². The summed E-state index contributed by atoms with van der Waals surface area (Å²) < 4.78 is 2.09. The maximum Gasteiger partial charge on any atom is 0.248 e. The molecule has 0 atom stereocenters. The lowest BCUT2D eigenvalue weighted by Gasteiger charge is -2.25. The van der Waals surface area contributed by atoms with Gasteiger partial charge in [0.25, 0.3) is 0 Å². The Kier molecular flexibility index (Phi) is 5.01. The van der Waals surface area contributed by atoms with Crippen LogP contribution in [0, 0.1) is 6.92 Å². The van der Waals surface area contributed by atoms with Gasteiger partial charge in [-0.05, 0) is 63.2 Å². The summed E-state index contributed by atoms with van der Waals surface area (Å²) in [4.78, 5) is 26.9. The summed E-state index contributed by atoms with van der Waals surface area (Å²) >= 11 is 0. The van der Waals surface area contributed by atoms with E-state index in [1.165, 1.54) is 19.3 Å². The molecule has 1 fully saturated rings. The Morgan fingerprint density at radius 2 is 1.64 bits per heavy atom. The van der Waals surface area contributed by atoms with E-state index in [9.17, 15) is 9.59 Å². The zero-order valence-electron chi connectivity index (χ0n) is 16.1. The van der Waals surface area contributed by atoms with Crippen molar-refractivity contribution in [2.75, 3.05) is 19.6 Å². The van der Waals surface area contributed by atoms with Gasteiger partial charge in [-0.25, -0.2) is 0 Å². The molecule has 0 saturated carbocycles. The van der Waals surface area contributed by atoms with Gasteiger partial charge in [0, 0.05) is 27.9 Å². The first-order valence-corrected chi connectivity index (χ1v) is 9.82. The topological polar surface area (TPSA) is 68.3 Å². The summed E-state index contributed by atoms with van der Waals surface area (Å²) in [5.74, 6) is -0.277. The third kappa shape index (κ3) is 3.34. The molecule has 2 heterocycles. The first kappa shape index (κ1) is 18.4. The summed E-state index contributed by atoms with van der Waals surface area (Å²) in [5, 5.41) is 0.973. The fourth-order valence-electron chi connectivity index (χ4n) is 4.23. The van der Waals surface area contributed by atoms with Crippen molar-refractivity contribution in [1.29, 1.82) is 0 Å². The zero-order chi connectivity index (χ0) is 19.7. The van der Waals surface area contributed by atoms with E-state index in [2.05, 4.69) is 9.47 Å². The van der Waals surface area contributed by atoms with Gasteiger partial charge in [0.2, 0.25) is 5.91 Å². The van der Waals surface area contributed by atoms with Crippen LogP contribution in [0.4, 0.5) is 0 Å². The lowest BCUT2D eigenvalue weighted by Crippen LogP contribution is -2.34. The third-order valence-electron chi connectivity index (χ3n) is 5.62. The number of primary amides is 1. The minimum atomic E-state index is -0.446. The first-order chi connectivity index (χ1) is 13.6. The lowest BCUT2D eigenvalue weighted by atomic mass is 10.0. The molecule has 1 saturated heterocycles. The number of fused-ring (bicyclic) bond motifs is 1. The largest absolute Gasteiger partial charge is 0.366 e. The van der Waals surface area contributed by atoms with Crippen molar-refractivity contribution in [1.82, 2.24) is 9.47 Å². The van der Waals surface area contributed by atoms with Crippen LogP contribution in [0.25, 0.3) is 16.6 Å². The SMILES string of the molecule is Cc1c(C(=O)CN2CCCCC2)c2ccccc2n1-c1ccc(C(N)=O)cc1. The Hall–Kier alpha value is -2.92. The summed E-state index contributed by atoms with van der Waals surface area (Å²) in [6, 6.07) is 15.2. The molecule has 1 amide bonds. The molecule has 4 rings (SSSR count). The van der Waals surface area contributed by atoms with Gasteiger partial charge in [0.05, 0.1) is 12.1 Å². The molecule has 1 aliphatic rings. The van der Waals surface area contributed by atoms with E-state index in [1.807, 2.05) is 43.3 Å². The molecule has 5 heteroatoms. The van der Waals surface area contributed by atoms with Crippen LogP contribution in [-0.2, 0) is 0 Å². The van der Waals surface area contributed by atoms with Crippen LogP contribution in [0.5, 0.6) is 0 Å². The molecule has 5 nitrogen and oxygen atoms in total. The molecule has 28 heavy (non-hydrogen) atoms. The smallest absolute Gasteiger partial charge is 0.248 e. The van der Waals surface area contributed by atoms with E-state index in [-0.39, 0.29) is 5.78 Å². The standard InChI is InChI=1S/C23H25N3O2/c1-16-22(21(27)15-25-13-5-2-6-14-25)19-7-3-4-8-20(19)26(16)18-11-9-17(10-12-18)23(24)28/h3-4,7-12H,2,5-6,13-15H2,1H3,(H2,24,28). The predicted octanol–water partition coefficient (Wildman–Crippen LogP) is 3.71. The monoisotopic (exact) mass is 375 g/mol. The van der Waals surface area contributed by atoms with Crippen molar-refractivity contribution in [2.45, 2.75) is 26.2 Å². The van der Waals surface area contributed by atoms with Crippen LogP contribution in [0.2, 0.25) is 0 Å². The Morgan fingerprint density at radius 1 is 0.964 bits per heavy atom. The number of nitrogens with zero attached hydrogens (tertiary/aromatic N) is 2. The number of benzene rings is 2. The highest BCUT2D eigenvalue weighted by molar-refractivity contribution is 6.10. The van der Waals surface area contributed by atoms with Crippen molar-refractivity contribution in [2.24, 2.45) is 5.73 Å². The van der Waals surface area contributed by atoms with Crippen molar-refractivity contribution in [3.05, 3.63) is 65.4 Å². The zero-order valence-corrected chi connectivity index (χ0v) is 16.1. The Bertz CT molecular complexity index is 1030. The van der Waals surface area contributed by atoms with E-state index >= 15 is 0 Å². The molecule has 1 aromatic heterocycles. The molecular weight excluding hydrogens is 350 g/mol. The second-order valence-corrected chi connectivity index (χ2v) is 7.48. The molecular formula is C23H25N3O2. The molecule has 0 spiro atoms. The number of rotatable bonds is 5. The molecule has 0 unspecified atom stereocenters. The molecule has 0 radical (unpaired) electrons. The van der Waals surface area contributed by atoms with Gasteiger partial charge in [-0.15, -0.1) is 0 Å². The van der Waals surface area contributed by atoms with Crippen molar-refractivity contribution < 1.29 is 9.59 Å². The highest BCUT2D eigenvalue weighted by Crippen LogP contribution is 2.30. The summed E-state index contributed by atoms with van der Waals surface area (Å²) in [6.07, 6.45) is 3.59. The second kappa shape index (κ2) is 7.60. The average molecular weight is 375 g/mol. The quantitative estimate of drug-likeness (QED) is 0.691. The van der Waals surface area contributed by atoms with Crippen LogP contribution in [0.15, 0.2) is 48.5 Å². The highest BCUT2D eigenvalue weighted by atomic mass is 16.1. The fourth-order valence-corrected chi connectivity index (χ4v) is 4.23. The van der Waals surface area contributed by atoms with E-state index in [1.54, 1.807) is 12.1 Å². The number of nitrogens with two attached hydrogens (primary N) is 1. The Labute approximate surface area is 164 Å². The minimum absolute atomic E-state index is 0.170. The maximum atomic E-state index is 13.2. The Balaban J connectivity index is 1.77. The van der Waals surface area contributed by atoms with Gasteiger partial charge in [0.1, 0.15) is 0 Å². The molecule has 1 aliphatic heterocycles. The van der Waals surface area contributed by atoms with E-state index in [4.69, 9.17) is 5.73 Å². The van der Waals surface area contributed by atoms with Crippen molar-refractivity contribution in [3.63, 3.8) is 0 Å². The molecule has 2 aromatic carbocycles. The van der Waals surface area contributed by atoms with Gasteiger partial charge in [-0.1, -0.05) is 24.6 Å². The number of ketones is 1. The molecule has 3 aromatic rings. The third-order valence-corrected chi connectivity index (χ3v) is 5.62. The molecule has 2 N–H and O–H groups in total. The number of likely N-dealkylation sites (tertiary alicyclic amines) is 1. The van der Waals surface area contributed by atoms with Gasteiger partial charge in [0.15, 0.2) is 5.78 Å². The van der Waals surface area contributed by atoms with E-state index in [0.717, 1.165) is 40.9 Å². The first-order valence-electron chi connectivity index (χ1n) is 9.82. The number of carbonyl (C=O) groups excluding carboxylic acids is 2. The van der Waals surface area contributed by atoms with E-state index < -0.39 is 5.91 Å². The molecule has 0 bridgehead atoms. The van der Waals surface area contributed by atoms with Crippen molar-refractivity contribution in [3.8, 4) is 5.69 Å². The minimum Gasteiger partial charge on any atom is -0.366 e. The number of para-hydroxylation sites is 1. The summed E-state index contributed by atoms with van der Waals surface area (Å²) in [7, 11) is 0. The fraction of sp³-hybridized carbons (Fsp3) is 0.304. The number of hydrogen-bond acceptors (Lipinski definition) is 3. The summed E-state index contributed by atoms with van der Waals surface area (Å²) in [6.45, 7) is 4.46. The highest BCUT2D eigenvalue weighted by Gasteiger charge is 2.23. The van der Waals surface area contributed by atoms with Crippen LogP contribution >= 0.6 is 0 Å². The van der Waals surface area contributed by atoms with Gasteiger partial charge in [-0.2, -0.15) is 0 Å². The van der Waals surface area contributed by atoms with Crippen LogP contribution in [0.1, 0.15) is 45.7 Å². The van der Waals surface area contributed by atoms with Crippen molar-refractivity contribution >= 4 is 22.6 Å². The maximum absolute atomic E-state index is 13.2. The number of piperidine rings is 1. The normalized spacial score (nSPS) is 15.0. The average Bonchev–Trinajstić information content (AvgIpc) is 3.00. The number of aromatic nitrogens is 1. The number of carbonyl (C=O) groups is 2. The number of amides is 1. The number of hydrogen-bond donors (Lipinski definition) is 1. The lowest BCUT2D eigenvalue weighted by molar-refractivity contribution is 0.0916. The predicted molar refractivity (Wildman–Crippen MR) is 111 cm³/mol. The van der Waals surface area contributed by atoms with Gasteiger partial charge < -0.3 is 10.3 Å². The molecule has 144 valence electrons. The van der Waals surface area contributed by atoms with Gasteiger partial charge >= 0.3 is 0 Å². The molecule has 0 aliphatic carbocycles. The van der Waals surface area contributed by atoms with E-state index in [0.29, 0.717) is 12.1 Å². The van der Waals surface area contributed by atoms with Gasteiger partial charge in [-0.3, -0.25) is 14.5 Å². The second-order valence-electron chi connectivity index (χ2n) is 7.48. The Morgan fingerprint density at radius 3 is 2.32 bits per heavy atom. The van der Waals surface area contributed by atoms with Crippen LogP contribution in [0.3, 0.4) is 0 Å². The number of Topliss-reactive ketones (excluding diaryl/α,β-unsaturated/α-hetero) is 1. The van der Waals surface area contributed by atoms with Crippen LogP contribution in [-0.4, -0.2) is 40.8 Å².